The van der Waals surface area contributed by atoms with Gasteiger partial charge in [0.25, 0.3) is 0 Å². The monoisotopic (exact) mass is 468 g/mol. The second-order valence-corrected chi connectivity index (χ2v) is 11.1. The average Bonchev–Trinajstić information content (AvgIpc) is 3.30. The molecule has 0 spiro atoms. The number of sulfone groups is 1. The number of carbonyl (C=O) groups excluding carboxylic acids is 1. The van der Waals surface area contributed by atoms with E-state index in [1.807, 2.05) is 24.3 Å². The van der Waals surface area contributed by atoms with Crippen LogP contribution in [-0.2, 0) is 9.84 Å². The van der Waals surface area contributed by atoms with Crippen LogP contribution in [-0.4, -0.2) is 76.8 Å². The predicted octanol–water partition coefficient (Wildman–Crippen LogP) is 3.55. The number of urea groups is 1. The fourth-order valence-electron chi connectivity index (χ4n) is 4.40. The minimum atomic E-state index is -3.25. The molecule has 2 aliphatic heterocycles. The van der Waals surface area contributed by atoms with Gasteiger partial charge in [-0.05, 0) is 74.5 Å². The molecular weight excluding hydrogens is 436 g/mol. The number of amides is 2. The number of nitrogens with zero attached hydrogens (tertiary/aromatic N) is 3. The zero-order chi connectivity index (χ0) is 23.6. The summed E-state index contributed by atoms with van der Waals surface area (Å²) in [5.74, 6) is 0. The minimum Gasteiger partial charge on any atom is -0.370 e. The van der Waals surface area contributed by atoms with Gasteiger partial charge in [0.15, 0.2) is 9.84 Å². The topological polar surface area (TPSA) is 73.0 Å². The molecule has 2 aliphatic rings. The van der Waals surface area contributed by atoms with Crippen molar-refractivity contribution in [3.63, 3.8) is 0 Å². The van der Waals surface area contributed by atoms with Gasteiger partial charge >= 0.3 is 6.03 Å². The van der Waals surface area contributed by atoms with E-state index in [0.717, 1.165) is 36.3 Å². The summed E-state index contributed by atoms with van der Waals surface area (Å²) in [5, 5.41) is 2.99. The molecule has 1 fully saturated rings. The number of likely N-dealkylation sites (N-methyl/N-ethyl adjacent to an activating group) is 1. The van der Waals surface area contributed by atoms with Gasteiger partial charge in [0.1, 0.15) is 0 Å². The van der Waals surface area contributed by atoms with Crippen molar-refractivity contribution in [2.45, 2.75) is 23.8 Å². The first kappa shape index (κ1) is 23.3. The molecule has 2 aromatic carbocycles. The fourth-order valence-corrected chi connectivity index (χ4v) is 5.07. The van der Waals surface area contributed by atoms with Crippen molar-refractivity contribution in [1.29, 1.82) is 0 Å². The maximum Gasteiger partial charge on any atom is 0.322 e. The molecule has 8 heteroatoms. The molecule has 1 unspecified atom stereocenters. The van der Waals surface area contributed by atoms with Crippen LogP contribution >= 0.6 is 0 Å². The molecule has 0 saturated carbocycles. The van der Waals surface area contributed by atoms with Crippen LogP contribution in [0, 0.1) is 0 Å². The van der Waals surface area contributed by atoms with Gasteiger partial charge in [0.2, 0.25) is 0 Å². The highest BCUT2D eigenvalue weighted by Crippen LogP contribution is 2.26. The lowest BCUT2D eigenvalue weighted by Crippen LogP contribution is -2.37. The average molecular weight is 469 g/mol. The Bertz CT molecular complexity index is 1140. The Morgan fingerprint density at radius 1 is 1.09 bits per heavy atom. The summed E-state index contributed by atoms with van der Waals surface area (Å²) in [6, 6.07) is 15.5. The Kier molecular flexibility index (Phi) is 6.76. The predicted molar refractivity (Wildman–Crippen MR) is 133 cm³/mol. The molecule has 2 heterocycles. The second-order valence-electron chi connectivity index (χ2n) is 9.05. The molecule has 7 nitrogen and oxygen atoms in total. The fraction of sp³-hybridized carbons (Fsp3) is 0.400. The lowest BCUT2D eigenvalue weighted by Gasteiger charge is -2.27. The van der Waals surface area contributed by atoms with Crippen molar-refractivity contribution in [1.82, 2.24) is 9.80 Å². The van der Waals surface area contributed by atoms with Gasteiger partial charge in [-0.15, -0.1) is 0 Å². The maximum atomic E-state index is 12.7. The van der Waals surface area contributed by atoms with Gasteiger partial charge in [-0.3, -0.25) is 0 Å². The first-order chi connectivity index (χ1) is 15.7. The van der Waals surface area contributed by atoms with E-state index in [0.29, 0.717) is 30.4 Å². The molecule has 176 valence electrons. The highest BCUT2D eigenvalue weighted by molar-refractivity contribution is 7.90. The molecular formula is C25H32N4O3S. The van der Waals surface area contributed by atoms with Crippen LogP contribution in [0.1, 0.15) is 18.4 Å². The number of benzene rings is 2. The molecule has 1 N–H and O–H groups in total. The molecule has 33 heavy (non-hydrogen) atoms. The summed E-state index contributed by atoms with van der Waals surface area (Å²) in [4.78, 5) is 19.5. The Hall–Kier alpha value is -2.84. The largest absolute Gasteiger partial charge is 0.370 e. The van der Waals surface area contributed by atoms with Crippen LogP contribution in [0.5, 0.6) is 0 Å². The molecule has 1 atom stereocenters. The molecule has 0 bridgehead atoms. The zero-order valence-corrected chi connectivity index (χ0v) is 20.3. The Labute approximate surface area is 196 Å². The Morgan fingerprint density at radius 2 is 1.85 bits per heavy atom. The molecule has 0 radical (unpaired) electrons. The maximum absolute atomic E-state index is 12.7. The number of rotatable bonds is 5. The number of hydrogen-bond acceptors (Lipinski definition) is 5. The molecule has 0 aromatic heterocycles. The van der Waals surface area contributed by atoms with E-state index >= 15 is 0 Å². The number of hydrogen-bond donors (Lipinski definition) is 1. The van der Waals surface area contributed by atoms with Crippen LogP contribution in [0.3, 0.4) is 0 Å². The van der Waals surface area contributed by atoms with Crippen LogP contribution in [0.15, 0.2) is 59.5 Å². The van der Waals surface area contributed by atoms with Crippen molar-refractivity contribution in [2.75, 3.05) is 56.7 Å². The van der Waals surface area contributed by atoms with Gasteiger partial charge in [-0.2, -0.15) is 0 Å². The summed E-state index contributed by atoms with van der Waals surface area (Å²) in [6.45, 7) is 3.14. The first-order valence-corrected chi connectivity index (χ1v) is 13.2. The van der Waals surface area contributed by atoms with Crippen LogP contribution < -0.4 is 10.2 Å². The summed E-state index contributed by atoms with van der Waals surface area (Å²) < 4.78 is 23.7. The van der Waals surface area contributed by atoms with E-state index in [4.69, 9.17) is 0 Å². The molecule has 1 saturated heterocycles. The molecule has 2 aromatic rings. The van der Waals surface area contributed by atoms with Gasteiger partial charge in [0.05, 0.1) is 4.90 Å². The van der Waals surface area contributed by atoms with Crippen LogP contribution in [0.2, 0.25) is 0 Å². The summed E-state index contributed by atoms with van der Waals surface area (Å²) in [6.07, 6.45) is 5.06. The van der Waals surface area contributed by atoms with Crippen molar-refractivity contribution in [3.8, 4) is 0 Å². The van der Waals surface area contributed by atoms with Gasteiger partial charge in [-0.25, -0.2) is 13.2 Å². The van der Waals surface area contributed by atoms with Crippen molar-refractivity contribution >= 4 is 32.8 Å². The summed E-state index contributed by atoms with van der Waals surface area (Å²) >= 11 is 0. The second kappa shape index (κ2) is 9.57. The number of carbonyl (C=O) groups is 1. The highest BCUT2D eigenvalue weighted by Gasteiger charge is 2.24. The van der Waals surface area contributed by atoms with E-state index in [9.17, 15) is 13.2 Å². The lowest BCUT2D eigenvalue weighted by atomic mass is 10.00. The molecule has 4 rings (SSSR count). The lowest BCUT2D eigenvalue weighted by molar-refractivity contribution is 0.217. The van der Waals surface area contributed by atoms with Crippen molar-refractivity contribution in [3.05, 3.63) is 60.2 Å². The van der Waals surface area contributed by atoms with Crippen LogP contribution in [0.4, 0.5) is 16.2 Å². The number of nitrogens with one attached hydrogen (secondary N) is 1. The van der Waals surface area contributed by atoms with E-state index in [1.54, 1.807) is 23.1 Å². The molecule has 0 aliphatic carbocycles. The highest BCUT2D eigenvalue weighted by atomic mass is 32.2. The smallest absolute Gasteiger partial charge is 0.322 e. The van der Waals surface area contributed by atoms with E-state index in [-0.39, 0.29) is 6.03 Å². The third-order valence-electron chi connectivity index (χ3n) is 6.51. The standard InChI is InChI=1S/C25H32N4O3S/c1-27(2)23-13-16-29(18-23)22-9-7-21(8-10-22)26-25(30)28-14-11-19(12-15-28)20-5-4-6-24(17-20)33(3,31)32/h4-11,17,23H,12-16,18H2,1-3H3,(H,26,30). The number of anilines is 2. The molecule has 2 amide bonds. The van der Waals surface area contributed by atoms with Gasteiger partial charge in [0, 0.05) is 49.9 Å². The quantitative estimate of drug-likeness (QED) is 0.727. The Morgan fingerprint density at radius 3 is 2.45 bits per heavy atom. The third kappa shape index (κ3) is 5.57. The SMILES string of the molecule is CN(C)C1CCN(c2ccc(NC(=O)N3CC=C(c4cccc(S(C)(=O)=O)c4)CC3)cc2)C1. The van der Waals surface area contributed by atoms with Gasteiger partial charge < -0.3 is 20.0 Å². The van der Waals surface area contributed by atoms with E-state index < -0.39 is 9.84 Å². The van der Waals surface area contributed by atoms with Crippen LogP contribution in [0.25, 0.3) is 5.57 Å². The van der Waals surface area contributed by atoms with E-state index in [1.165, 1.54) is 11.9 Å². The zero-order valence-electron chi connectivity index (χ0n) is 19.5. The summed E-state index contributed by atoms with van der Waals surface area (Å²) in [7, 11) is 1.00. The van der Waals surface area contributed by atoms with E-state index in [2.05, 4.69) is 41.3 Å². The van der Waals surface area contributed by atoms with Crippen molar-refractivity contribution < 1.29 is 13.2 Å². The van der Waals surface area contributed by atoms with Crippen molar-refractivity contribution in [2.24, 2.45) is 0 Å². The third-order valence-corrected chi connectivity index (χ3v) is 7.62. The van der Waals surface area contributed by atoms with Gasteiger partial charge in [-0.1, -0.05) is 18.2 Å². The summed E-state index contributed by atoms with van der Waals surface area (Å²) in [5.41, 5.74) is 3.92. The Balaban J connectivity index is 1.34. The first-order valence-electron chi connectivity index (χ1n) is 11.3. The normalized spacial score (nSPS) is 19.0. The minimum absolute atomic E-state index is 0.128.